The summed E-state index contributed by atoms with van der Waals surface area (Å²) in [5.74, 6) is 0.603. The number of nitrogens with one attached hydrogen (secondary N) is 1. The summed E-state index contributed by atoms with van der Waals surface area (Å²) in [5, 5.41) is 3.66. The number of hydrogen-bond donors (Lipinski definition) is 1. The fourth-order valence-electron chi connectivity index (χ4n) is 2.88. The van der Waals surface area contributed by atoms with Gasteiger partial charge in [0.15, 0.2) is 0 Å². The predicted octanol–water partition coefficient (Wildman–Crippen LogP) is 3.84. The zero-order chi connectivity index (χ0) is 12.4. The third-order valence-corrected chi connectivity index (χ3v) is 3.49. The van der Waals surface area contributed by atoms with Gasteiger partial charge in [0.1, 0.15) is 5.82 Å². The van der Waals surface area contributed by atoms with Gasteiger partial charge in [-0.15, -0.1) is 0 Å². The molecule has 0 fully saturated rings. The van der Waals surface area contributed by atoms with Gasteiger partial charge >= 0.3 is 0 Å². The van der Waals surface area contributed by atoms with Crippen molar-refractivity contribution in [2.75, 3.05) is 0 Å². The summed E-state index contributed by atoms with van der Waals surface area (Å²) < 4.78 is 13.1. The molecular weight excluding hydrogens is 213 g/mol. The molecule has 2 heteroatoms. The van der Waals surface area contributed by atoms with Crippen LogP contribution in [0.25, 0.3) is 0 Å². The zero-order valence-electron chi connectivity index (χ0n) is 11.0. The Kier molecular flexibility index (Phi) is 3.82. The quantitative estimate of drug-likeness (QED) is 0.836. The number of rotatable bonds is 4. The topological polar surface area (TPSA) is 12.0 Å². The SMILES string of the molecule is CC(C)CC(C)NC1CCc2cc(F)ccc21. The third-order valence-electron chi connectivity index (χ3n) is 3.49. The first-order chi connectivity index (χ1) is 8.06. The minimum absolute atomic E-state index is 0.111. The van der Waals surface area contributed by atoms with Gasteiger partial charge in [0, 0.05) is 12.1 Å². The van der Waals surface area contributed by atoms with Crippen molar-refractivity contribution < 1.29 is 4.39 Å². The molecule has 2 atom stereocenters. The molecule has 0 bridgehead atoms. The van der Waals surface area contributed by atoms with E-state index in [0.29, 0.717) is 18.0 Å². The second-order valence-corrected chi connectivity index (χ2v) is 5.63. The molecule has 1 aromatic carbocycles. The van der Waals surface area contributed by atoms with Crippen LogP contribution in [0.4, 0.5) is 4.39 Å². The molecule has 2 unspecified atom stereocenters. The summed E-state index contributed by atoms with van der Waals surface area (Å²) in [4.78, 5) is 0. The van der Waals surface area contributed by atoms with Crippen LogP contribution in [0, 0.1) is 11.7 Å². The minimum atomic E-state index is -0.111. The maximum Gasteiger partial charge on any atom is 0.123 e. The number of aryl methyl sites for hydroxylation is 1. The van der Waals surface area contributed by atoms with Crippen LogP contribution in [0.2, 0.25) is 0 Å². The van der Waals surface area contributed by atoms with E-state index in [1.807, 2.05) is 6.07 Å². The zero-order valence-corrected chi connectivity index (χ0v) is 11.0. The fraction of sp³-hybridized carbons (Fsp3) is 0.600. The Bertz CT molecular complexity index is 387. The highest BCUT2D eigenvalue weighted by Gasteiger charge is 2.23. The smallest absolute Gasteiger partial charge is 0.123 e. The molecule has 1 aromatic rings. The third kappa shape index (κ3) is 3.06. The number of fused-ring (bicyclic) bond motifs is 1. The lowest BCUT2D eigenvalue weighted by Crippen LogP contribution is -2.30. The molecule has 0 amide bonds. The van der Waals surface area contributed by atoms with E-state index in [1.54, 1.807) is 12.1 Å². The van der Waals surface area contributed by atoms with Crippen LogP contribution in [0.5, 0.6) is 0 Å². The van der Waals surface area contributed by atoms with Crippen LogP contribution >= 0.6 is 0 Å². The van der Waals surface area contributed by atoms with Gasteiger partial charge in [-0.05, 0) is 55.4 Å². The van der Waals surface area contributed by atoms with E-state index in [2.05, 4.69) is 26.1 Å². The summed E-state index contributed by atoms with van der Waals surface area (Å²) >= 11 is 0. The van der Waals surface area contributed by atoms with E-state index >= 15 is 0 Å². The van der Waals surface area contributed by atoms with Crippen molar-refractivity contribution in [3.63, 3.8) is 0 Å². The molecule has 2 rings (SSSR count). The maximum absolute atomic E-state index is 13.1. The first-order valence-electron chi connectivity index (χ1n) is 6.60. The molecule has 0 spiro atoms. The molecule has 0 saturated carbocycles. The van der Waals surface area contributed by atoms with E-state index in [1.165, 1.54) is 17.5 Å². The lowest BCUT2D eigenvalue weighted by molar-refractivity contribution is 0.393. The van der Waals surface area contributed by atoms with E-state index < -0.39 is 0 Å². The number of halogens is 1. The average molecular weight is 235 g/mol. The van der Waals surface area contributed by atoms with Gasteiger partial charge in [-0.3, -0.25) is 0 Å². The Labute approximate surface area is 103 Å². The van der Waals surface area contributed by atoms with Gasteiger partial charge in [-0.2, -0.15) is 0 Å². The molecule has 1 nitrogen and oxygen atoms in total. The molecule has 1 N–H and O–H groups in total. The van der Waals surface area contributed by atoms with E-state index in [-0.39, 0.29) is 5.82 Å². The fourth-order valence-corrected chi connectivity index (χ4v) is 2.88. The van der Waals surface area contributed by atoms with Crippen LogP contribution < -0.4 is 5.32 Å². The van der Waals surface area contributed by atoms with Crippen LogP contribution in [-0.2, 0) is 6.42 Å². The Balaban J connectivity index is 2.02. The van der Waals surface area contributed by atoms with Gasteiger partial charge in [-0.25, -0.2) is 4.39 Å². The highest BCUT2D eigenvalue weighted by atomic mass is 19.1. The largest absolute Gasteiger partial charge is 0.307 e. The second kappa shape index (κ2) is 5.18. The van der Waals surface area contributed by atoms with Crippen molar-refractivity contribution in [2.45, 2.75) is 52.1 Å². The predicted molar refractivity (Wildman–Crippen MR) is 69.5 cm³/mol. The van der Waals surface area contributed by atoms with Crippen LogP contribution in [0.1, 0.15) is 50.8 Å². The molecular formula is C15H22FN. The van der Waals surface area contributed by atoms with Gasteiger partial charge in [0.05, 0.1) is 0 Å². The summed E-state index contributed by atoms with van der Waals surface area (Å²) in [6, 6.07) is 6.14. The second-order valence-electron chi connectivity index (χ2n) is 5.63. The minimum Gasteiger partial charge on any atom is -0.307 e. The molecule has 0 saturated heterocycles. The lowest BCUT2D eigenvalue weighted by atomic mass is 10.0. The maximum atomic E-state index is 13.1. The van der Waals surface area contributed by atoms with Crippen molar-refractivity contribution in [1.82, 2.24) is 5.32 Å². The van der Waals surface area contributed by atoms with Crippen molar-refractivity contribution in [3.05, 3.63) is 35.1 Å². The summed E-state index contributed by atoms with van der Waals surface area (Å²) in [5.41, 5.74) is 2.47. The Morgan fingerprint density at radius 2 is 2.12 bits per heavy atom. The number of hydrogen-bond acceptors (Lipinski definition) is 1. The summed E-state index contributed by atoms with van der Waals surface area (Å²) in [6.45, 7) is 6.73. The lowest BCUT2D eigenvalue weighted by Gasteiger charge is -2.21. The van der Waals surface area contributed by atoms with Crippen molar-refractivity contribution in [1.29, 1.82) is 0 Å². The van der Waals surface area contributed by atoms with Crippen molar-refractivity contribution in [3.8, 4) is 0 Å². The molecule has 0 radical (unpaired) electrons. The van der Waals surface area contributed by atoms with E-state index in [0.717, 1.165) is 12.8 Å². The Morgan fingerprint density at radius 3 is 2.82 bits per heavy atom. The standard InChI is InChI=1S/C15H22FN/c1-10(2)8-11(3)17-15-7-4-12-9-13(16)5-6-14(12)15/h5-6,9-11,15,17H,4,7-8H2,1-3H3. The summed E-state index contributed by atoms with van der Waals surface area (Å²) in [6.07, 6.45) is 3.29. The first-order valence-corrected chi connectivity index (χ1v) is 6.60. The average Bonchev–Trinajstić information content (AvgIpc) is 2.59. The van der Waals surface area contributed by atoms with Gasteiger partial charge in [0.2, 0.25) is 0 Å². The summed E-state index contributed by atoms with van der Waals surface area (Å²) in [7, 11) is 0. The molecule has 1 aliphatic rings. The van der Waals surface area contributed by atoms with Gasteiger partial charge < -0.3 is 5.32 Å². The molecule has 0 aliphatic heterocycles. The van der Waals surface area contributed by atoms with Crippen LogP contribution in [-0.4, -0.2) is 6.04 Å². The molecule has 94 valence electrons. The van der Waals surface area contributed by atoms with Crippen LogP contribution in [0.3, 0.4) is 0 Å². The molecule has 0 aromatic heterocycles. The van der Waals surface area contributed by atoms with Gasteiger partial charge in [0.25, 0.3) is 0 Å². The van der Waals surface area contributed by atoms with Crippen LogP contribution in [0.15, 0.2) is 18.2 Å². The van der Waals surface area contributed by atoms with E-state index in [4.69, 9.17) is 0 Å². The highest BCUT2D eigenvalue weighted by Crippen LogP contribution is 2.32. The first kappa shape index (κ1) is 12.6. The monoisotopic (exact) mass is 235 g/mol. The Morgan fingerprint density at radius 1 is 1.35 bits per heavy atom. The molecule has 1 aliphatic carbocycles. The normalized spacial score (nSPS) is 20.6. The molecule has 0 heterocycles. The highest BCUT2D eigenvalue weighted by molar-refractivity contribution is 5.35. The van der Waals surface area contributed by atoms with Gasteiger partial charge in [-0.1, -0.05) is 19.9 Å². The van der Waals surface area contributed by atoms with Crippen molar-refractivity contribution >= 4 is 0 Å². The number of benzene rings is 1. The van der Waals surface area contributed by atoms with Crippen molar-refractivity contribution in [2.24, 2.45) is 5.92 Å². The Hall–Kier alpha value is -0.890. The van der Waals surface area contributed by atoms with E-state index in [9.17, 15) is 4.39 Å². The molecule has 17 heavy (non-hydrogen) atoms.